The Morgan fingerprint density at radius 3 is 2.36 bits per heavy atom. The smallest absolute Gasteiger partial charge is 0.166 e. The molecule has 0 aliphatic carbocycles. The standard InChI is InChI=1S/C17H19N5O3/c1-11-7-9-13(10-8-11)19-17(23)16-12(2)21(22(24)25)15-6-4-3-5-14(15)20(16)18-19/h3-10,12,16-18,23H,1-2H3. The van der Waals surface area contributed by atoms with E-state index >= 15 is 0 Å². The Kier molecular flexibility index (Phi) is 3.52. The molecule has 3 unspecified atom stereocenters. The minimum absolute atomic E-state index is 0.415. The summed E-state index contributed by atoms with van der Waals surface area (Å²) >= 11 is 0. The number of benzene rings is 2. The van der Waals surface area contributed by atoms with Crippen LogP contribution in [-0.2, 0) is 0 Å². The minimum Gasteiger partial charge on any atom is -0.370 e. The Morgan fingerprint density at radius 2 is 1.72 bits per heavy atom. The number of anilines is 3. The molecule has 8 nitrogen and oxygen atoms in total. The van der Waals surface area contributed by atoms with Gasteiger partial charge in [0, 0.05) is 0 Å². The molecular formula is C17H19N5O3. The first-order valence-electron chi connectivity index (χ1n) is 8.11. The van der Waals surface area contributed by atoms with E-state index in [0.717, 1.165) is 16.3 Å². The summed E-state index contributed by atoms with van der Waals surface area (Å²) in [5.74, 6) is 0. The average molecular weight is 341 g/mol. The molecule has 1 fully saturated rings. The molecule has 0 bridgehead atoms. The van der Waals surface area contributed by atoms with Crippen molar-refractivity contribution in [3.8, 4) is 0 Å². The lowest BCUT2D eigenvalue weighted by atomic mass is 10.0. The van der Waals surface area contributed by atoms with E-state index in [1.54, 1.807) is 24.1 Å². The van der Waals surface area contributed by atoms with Crippen molar-refractivity contribution < 1.29 is 10.1 Å². The monoisotopic (exact) mass is 341 g/mol. The van der Waals surface area contributed by atoms with Gasteiger partial charge in [-0.05, 0) is 38.1 Å². The number of aliphatic hydroxyl groups excluding tert-OH is 1. The zero-order valence-corrected chi connectivity index (χ0v) is 13.9. The van der Waals surface area contributed by atoms with Crippen molar-refractivity contribution in [2.75, 3.05) is 15.0 Å². The summed E-state index contributed by atoms with van der Waals surface area (Å²) in [6.45, 7) is 3.74. The van der Waals surface area contributed by atoms with Crippen molar-refractivity contribution in [3.63, 3.8) is 0 Å². The first kappa shape index (κ1) is 15.7. The van der Waals surface area contributed by atoms with E-state index in [4.69, 9.17) is 0 Å². The lowest BCUT2D eigenvalue weighted by Gasteiger charge is -2.38. The first-order chi connectivity index (χ1) is 12.0. The molecule has 130 valence electrons. The Balaban J connectivity index is 1.77. The Labute approximate surface area is 144 Å². The maximum atomic E-state index is 11.6. The van der Waals surface area contributed by atoms with E-state index in [9.17, 15) is 15.2 Å². The third-order valence-corrected chi connectivity index (χ3v) is 4.84. The van der Waals surface area contributed by atoms with Crippen molar-refractivity contribution >= 4 is 17.1 Å². The molecule has 2 aliphatic rings. The number of aryl methyl sites for hydroxylation is 1. The molecular weight excluding hydrogens is 322 g/mol. The highest BCUT2D eigenvalue weighted by Crippen LogP contribution is 2.41. The van der Waals surface area contributed by atoms with Crippen LogP contribution in [0.15, 0.2) is 48.5 Å². The fraction of sp³-hybridized carbons (Fsp3) is 0.294. The van der Waals surface area contributed by atoms with Crippen LogP contribution in [0.25, 0.3) is 0 Å². The van der Waals surface area contributed by atoms with Crippen molar-refractivity contribution in [2.45, 2.75) is 32.2 Å². The van der Waals surface area contributed by atoms with Gasteiger partial charge in [0.2, 0.25) is 0 Å². The van der Waals surface area contributed by atoms with E-state index in [1.165, 1.54) is 0 Å². The number of hydrogen-bond donors (Lipinski definition) is 2. The van der Waals surface area contributed by atoms with E-state index < -0.39 is 23.3 Å². The second-order valence-electron chi connectivity index (χ2n) is 6.39. The molecule has 0 saturated carbocycles. The minimum atomic E-state index is -0.937. The molecule has 2 heterocycles. The van der Waals surface area contributed by atoms with Gasteiger partial charge in [-0.2, -0.15) is 0 Å². The average Bonchev–Trinajstić information content (AvgIpc) is 2.94. The van der Waals surface area contributed by atoms with Gasteiger partial charge in [0.05, 0.1) is 11.4 Å². The molecule has 0 aromatic heterocycles. The summed E-state index contributed by atoms with van der Waals surface area (Å²) in [6, 6.07) is 13.8. The van der Waals surface area contributed by atoms with Gasteiger partial charge >= 0.3 is 0 Å². The molecule has 1 saturated heterocycles. The summed E-state index contributed by atoms with van der Waals surface area (Å²) in [5, 5.41) is 26.6. The number of nitrogens with zero attached hydrogens (tertiary/aromatic N) is 4. The molecule has 2 aromatic carbocycles. The molecule has 2 aromatic rings. The van der Waals surface area contributed by atoms with Crippen LogP contribution in [0.2, 0.25) is 0 Å². The van der Waals surface area contributed by atoms with Gasteiger partial charge in [0.25, 0.3) is 0 Å². The summed E-state index contributed by atoms with van der Waals surface area (Å²) < 4.78 is 0. The fourth-order valence-corrected chi connectivity index (χ4v) is 3.59. The summed E-state index contributed by atoms with van der Waals surface area (Å²) in [7, 11) is 0. The Bertz CT molecular complexity index is 812. The number of hydrogen-bond acceptors (Lipinski definition) is 6. The van der Waals surface area contributed by atoms with Crippen LogP contribution in [0.3, 0.4) is 0 Å². The van der Waals surface area contributed by atoms with Crippen molar-refractivity contribution in [2.24, 2.45) is 0 Å². The number of aliphatic hydroxyl groups is 1. The van der Waals surface area contributed by atoms with Crippen LogP contribution < -0.4 is 20.6 Å². The highest BCUT2D eigenvalue weighted by molar-refractivity contribution is 5.74. The predicted octanol–water partition coefficient (Wildman–Crippen LogP) is 1.83. The van der Waals surface area contributed by atoms with Crippen molar-refractivity contribution in [1.29, 1.82) is 0 Å². The van der Waals surface area contributed by atoms with Crippen LogP contribution in [0.5, 0.6) is 0 Å². The Morgan fingerprint density at radius 1 is 1.08 bits per heavy atom. The van der Waals surface area contributed by atoms with Gasteiger partial charge in [-0.1, -0.05) is 34.8 Å². The zero-order valence-electron chi connectivity index (χ0n) is 13.9. The van der Waals surface area contributed by atoms with Crippen molar-refractivity contribution in [3.05, 3.63) is 64.2 Å². The van der Waals surface area contributed by atoms with Gasteiger partial charge in [0.15, 0.2) is 11.3 Å². The van der Waals surface area contributed by atoms with E-state index in [0.29, 0.717) is 11.4 Å². The topological polar surface area (TPSA) is 85.1 Å². The Hall–Kier alpha value is -2.84. The molecule has 2 aliphatic heterocycles. The van der Waals surface area contributed by atoms with Gasteiger partial charge in [-0.25, -0.2) is 10.1 Å². The molecule has 25 heavy (non-hydrogen) atoms. The van der Waals surface area contributed by atoms with Crippen LogP contribution in [-0.4, -0.2) is 28.5 Å². The largest absolute Gasteiger partial charge is 0.370 e. The molecule has 4 rings (SSSR count). The lowest BCUT2D eigenvalue weighted by Crippen LogP contribution is -2.59. The number of para-hydroxylation sites is 2. The second kappa shape index (κ2) is 5.61. The number of hydrazine groups is 3. The number of nitro groups is 1. The predicted molar refractivity (Wildman–Crippen MR) is 94.4 cm³/mol. The number of nitrogens with one attached hydrogen (secondary N) is 1. The van der Waals surface area contributed by atoms with Gasteiger partial charge in [-0.15, -0.1) is 5.53 Å². The fourth-order valence-electron chi connectivity index (χ4n) is 3.59. The number of fused-ring (bicyclic) bond motifs is 3. The zero-order chi connectivity index (χ0) is 17.7. The van der Waals surface area contributed by atoms with Crippen LogP contribution in [0.4, 0.5) is 17.1 Å². The highest BCUT2D eigenvalue weighted by Gasteiger charge is 2.52. The first-order valence-corrected chi connectivity index (χ1v) is 8.11. The quantitative estimate of drug-likeness (QED) is 0.637. The normalized spacial score (nSPS) is 24.9. The van der Waals surface area contributed by atoms with Gasteiger partial charge in [-0.3, -0.25) is 10.0 Å². The van der Waals surface area contributed by atoms with E-state index in [-0.39, 0.29) is 0 Å². The maximum Gasteiger partial charge on any atom is 0.166 e. The SMILES string of the molecule is Cc1ccc(N2NN3c4ccccc4N([N+](=O)[O-])C(C)C3C2O)cc1. The third-order valence-electron chi connectivity index (χ3n) is 4.84. The number of rotatable bonds is 2. The highest BCUT2D eigenvalue weighted by atomic mass is 16.7. The van der Waals surface area contributed by atoms with E-state index in [1.807, 2.05) is 48.3 Å². The van der Waals surface area contributed by atoms with Crippen LogP contribution in [0, 0.1) is 17.0 Å². The maximum absolute atomic E-state index is 11.6. The molecule has 0 radical (unpaired) electrons. The summed E-state index contributed by atoms with van der Waals surface area (Å²) in [6.07, 6.45) is -0.937. The van der Waals surface area contributed by atoms with Crippen molar-refractivity contribution in [1.82, 2.24) is 5.53 Å². The summed E-state index contributed by atoms with van der Waals surface area (Å²) in [5.41, 5.74) is 6.27. The molecule has 2 N–H and O–H groups in total. The van der Waals surface area contributed by atoms with Crippen LogP contribution >= 0.6 is 0 Å². The van der Waals surface area contributed by atoms with Gasteiger partial charge < -0.3 is 5.11 Å². The molecule has 0 amide bonds. The summed E-state index contributed by atoms with van der Waals surface area (Å²) in [4.78, 5) is 11.6. The second-order valence-corrected chi connectivity index (χ2v) is 6.39. The van der Waals surface area contributed by atoms with Crippen LogP contribution in [0.1, 0.15) is 12.5 Å². The molecule has 8 heteroatoms. The third kappa shape index (κ3) is 2.30. The molecule has 3 atom stereocenters. The van der Waals surface area contributed by atoms with E-state index in [2.05, 4.69) is 5.53 Å². The van der Waals surface area contributed by atoms with Gasteiger partial charge in [0.1, 0.15) is 17.8 Å². The molecule has 0 spiro atoms. The lowest BCUT2D eigenvalue weighted by molar-refractivity contribution is -0.501.